The highest BCUT2D eigenvalue weighted by Crippen LogP contribution is 2.16. The van der Waals surface area contributed by atoms with Crippen molar-refractivity contribution in [3.05, 3.63) is 77.4 Å². The molecule has 0 fully saturated rings. The van der Waals surface area contributed by atoms with Gasteiger partial charge in [-0.3, -0.25) is 4.98 Å². The van der Waals surface area contributed by atoms with Gasteiger partial charge in [-0.2, -0.15) is 0 Å². The molecule has 0 saturated carbocycles. The van der Waals surface area contributed by atoms with Crippen LogP contribution in [0.15, 0.2) is 59.7 Å². The lowest BCUT2D eigenvalue weighted by molar-refractivity contribution is 0.616. The van der Waals surface area contributed by atoms with Crippen molar-refractivity contribution in [2.45, 2.75) is 26.9 Å². The summed E-state index contributed by atoms with van der Waals surface area (Å²) in [6.45, 7) is 5.49. The predicted molar refractivity (Wildman–Crippen MR) is 120 cm³/mol. The second-order valence-corrected chi connectivity index (χ2v) is 6.11. The van der Waals surface area contributed by atoms with Crippen molar-refractivity contribution in [3.63, 3.8) is 0 Å². The van der Waals surface area contributed by atoms with E-state index in [1.54, 1.807) is 13.0 Å². The minimum atomic E-state index is -0.199. The SMILES string of the molecule is CCNC(=NCc1ccc(C)c(F)c1)NCc1nccc2ccccc12.I. The molecule has 0 unspecified atom stereocenters. The molecule has 0 radical (unpaired) electrons. The normalized spacial score (nSPS) is 11.1. The summed E-state index contributed by atoms with van der Waals surface area (Å²) in [5.74, 6) is 0.485. The molecule has 1 heterocycles. The van der Waals surface area contributed by atoms with Gasteiger partial charge in [0, 0.05) is 18.1 Å². The van der Waals surface area contributed by atoms with Crippen LogP contribution >= 0.6 is 24.0 Å². The van der Waals surface area contributed by atoms with E-state index in [1.807, 2.05) is 37.4 Å². The molecule has 3 aromatic rings. The van der Waals surface area contributed by atoms with E-state index in [4.69, 9.17) is 0 Å². The van der Waals surface area contributed by atoms with Crippen molar-refractivity contribution >= 4 is 40.7 Å². The lowest BCUT2D eigenvalue weighted by atomic mass is 10.1. The third kappa shape index (κ3) is 5.63. The average molecular weight is 478 g/mol. The number of benzene rings is 2. The summed E-state index contributed by atoms with van der Waals surface area (Å²) in [4.78, 5) is 9.03. The van der Waals surface area contributed by atoms with Gasteiger partial charge in [-0.25, -0.2) is 9.38 Å². The highest BCUT2D eigenvalue weighted by atomic mass is 127. The minimum Gasteiger partial charge on any atom is -0.357 e. The maximum atomic E-state index is 13.7. The standard InChI is InChI=1S/C21H23FN4.HI/c1-3-23-21(25-13-16-9-8-15(2)19(22)12-16)26-14-20-18-7-5-4-6-17(18)10-11-24-20;/h4-12H,3,13-14H2,1-2H3,(H2,23,25,26);1H. The Kier molecular flexibility index (Phi) is 7.97. The number of fused-ring (bicyclic) bond motifs is 1. The fourth-order valence-corrected chi connectivity index (χ4v) is 2.74. The van der Waals surface area contributed by atoms with Crippen molar-refractivity contribution in [2.24, 2.45) is 4.99 Å². The maximum Gasteiger partial charge on any atom is 0.191 e. The Labute approximate surface area is 176 Å². The van der Waals surface area contributed by atoms with Gasteiger partial charge < -0.3 is 10.6 Å². The Hall–Kier alpha value is -2.22. The molecule has 2 aromatic carbocycles. The van der Waals surface area contributed by atoms with Crippen molar-refractivity contribution < 1.29 is 4.39 Å². The number of aliphatic imine (C=N–C) groups is 1. The van der Waals surface area contributed by atoms with Crippen molar-refractivity contribution in [1.82, 2.24) is 15.6 Å². The summed E-state index contributed by atoms with van der Waals surface area (Å²) in [5.41, 5.74) is 2.45. The first-order valence-electron chi connectivity index (χ1n) is 8.77. The molecule has 142 valence electrons. The van der Waals surface area contributed by atoms with Gasteiger partial charge in [0.05, 0.1) is 18.8 Å². The Morgan fingerprint density at radius 2 is 1.93 bits per heavy atom. The van der Waals surface area contributed by atoms with E-state index in [2.05, 4.69) is 32.7 Å². The highest BCUT2D eigenvalue weighted by Gasteiger charge is 2.04. The number of rotatable bonds is 5. The lowest BCUT2D eigenvalue weighted by Gasteiger charge is -2.12. The largest absolute Gasteiger partial charge is 0.357 e. The molecule has 2 N–H and O–H groups in total. The smallest absolute Gasteiger partial charge is 0.191 e. The first-order chi connectivity index (χ1) is 12.7. The topological polar surface area (TPSA) is 49.3 Å². The Bertz CT molecular complexity index is 922. The van der Waals surface area contributed by atoms with Crippen molar-refractivity contribution in [3.8, 4) is 0 Å². The third-order valence-corrected chi connectivity index (χ3v) is 4.18. The fourth-order valence-electron chi connectivity index (χ4n) is 2.74. The van der Waals surface area contributed by atoms with Crippen LogP contribution in [0.2, 0.25) is 0 Å². The maximum absolute atomic E-state index is 13.7. The number of hydrogen-bond acceptors (Lipinski definition) is 2. The van der Waals surface area contributed by atoms with Gasteiger partial charge >= 0.3 is 0 Å². The summed E-state index contributed by atoms with van der Waals surface area (Å²) in [7, 11) is 0. The van der Waals surface area contributed by atoms with Gasteiger partial charge in [0.1, 0.15) is 5.82 Å². The molecule has 27 heavy (non-hydrogen) atoms. The minimum absolute atomic E-state index is 0. The van der Waals surface area contributed by atoms with Crippen LogP contribution < -0.4 is 10.6 Å². The molecule has 0 saturated heterocycles. The molecule has 0 spiro atoms. The van der Waals surface area contributed by atoms with Gasteiger partial charge in [0.25, 0.3) is 0 Å². The molecule has 0 aliphatic rings. The molecule has 4 nitrogen and oxygen atoms in total. The van der Waals surface area contributed by atoms with E-state index in [1.165, 1.54) is 6.07 Å². The van der Waals surface area contributed by atoms with Crippen LogP contribution in [0.3, 0.4) is 0 Å². The van der Waals surface area contributed by atoms with Crippen LogP contribution in [-0.2, 0) is 13.1 Å². The first kappa shape index (κ1) is 21.1. The van der Waals surface area contributed by atoms with Crippen LogP contribution in [-0.4, -0.2) is 17.5 Å². The number of aromatic nitrogens is 1. The second-order valence-electron chi connectivity index (χ2n) is 6.11. The van der Waals surface area contributed by atoms with Crippen LogP contribution in [0.4, 0.5) is 4.39 Å². The van der Waals surface area contributed by atoms with Gasteiger partial charge in [-0.1, -0.05) is 36.4 Å². The Morgan fingerprint density at radius 3 is 2.70 bits per heavy atom. The third-order valence-electron chi connectivity index (χ3n) is 4.18. The number of pyridine rings is 1. The van der Waals surface area contributed by atoms with E-state index in [0.717, 1.165) is 28.6 Å². The number of guanidine groups is 1. The molecule has 1 aromatic heterocycles. The Morgan fingerprint density at radius 1 is 1.11 bits per heavy atom. The van der Waals surface area contributed by atoms with Crippen LogP contribution in [0.25, 0.3) is 10.8 Å². The van der Waals surface area contributed by atoms with Crippen molar-refractivity contribution in [1.29, 1.82) is 0 Å². The number of nitrogens with one attached hydrogen (secondary N) is 2. The zero-order chi connectivity index (χ0) is 18.4. The predicted octanol–water partition coefficient (Wildman–Crippen LogP) is 4.56. The van der Waals surface area contributed by atoms with Crippen LogP contribution in [0.5, 0.6) is 0 Å². The highest BCUT2D eigenvalue weighted by molar-refractivity contribution is 14.0. The van der Waals surface area contributed by atoms with Gasteiger partial charge in [0.15, 0.2) is 5.96 Å². The van der Waals surface area contributed by atoms with E-state index in [0.29, 0.717) is 24.6 Å². The summed E-state index contributed by atoms with van der Waals surface area (Å²) in [5, 5.41) is 8.81. The molecule has 0 aliphatic carbocycles. The fraction of sp³-hybridized carbons (Fsp3) is 0.238. The molecular formula is C21H24FIN4. The van der Waals surface area contributed by atoms with E-state index in [-0.39, 0.29) is 29.8 Å². The zero-order valence-corrected chi connectivity index (χ0v) is 17.8. The second kappa shape index (κ2) is 10.2. The summed E-state index contributed by atoms with van der Waals surface area (Å²) in [6, 6.07) is 15.4. The van der Waals surface area contributed by atoms with Crippen molar-refractivity contribution in [2.75, 3.05) is 6.54 Å². The molecular weight excluding hydrogens is 454 g/mol. The number of hydrogen-bond donors (Lipinski definition) is 2. The van der Waals surface area contributed by atoms with E-state index in [9.17, 15) is 4.39 Å². The number of halogens is 2. The molecule has 0 bridgehead atoms. The molecule has 0 atom stereocenters. The molecule has 3 rings (SSSR count). The Balaban J connectivity index is 0.00000261. The lowest BCUT2D eigenvalue weighted by Crippen LogP contribution is -2.37. The summed E-state index contributed by atoms with van der Waals surface area (Å²) in [6.07, 6.45) is 1.82. The molecule has 0 aliphatic heterocycles. The van der Waals surface area contributed by atoms with Gasteiger partial charge in [0.2, 0.25) is 0 Å². The summed E-state index contributed by atoms with van der Waals surface area (Å²) < 4.78 is 13.7. The molecule has 0 amide bonds. The zero-order valence-electron chi connectivity index (χ0n) is 15.5. The van der Waals surface area contributed by atoms with Crippen LogP contribution in [0, 0.1) is 12.7 Å². The van der Waals surface area contributed by atoms with Gasteiger partial charge in [-0.15, -0.1) is 24.0 Å². The van der Waals surface area contributed by atoms with E-state index < -0.39 is 0 Å². The van der Waals surface area contributed by atoms with E-state index >= 15 is 0 Å². The first-order valence-corrected chi connectivity index (χ1v) is 8.77. The van der Waals surface area contributed by atoms with Crippen LogP contribution in [0.1, 0.15) is 23.7 Å². The summed E-state index contributed by atoms with van der Waals surface area (Å²) >= 11 is 0. The molecule has 6 heteroatoms. The quantitative estimate of drug-likeness (QED) is 0.321. The number of nitrogens with zero attached hydrogens (tertiary/aromatic N) is 2. The average Bonchev–Trinajstić information content (AvgIpc) is 2.66. The van der Waals surface area contributed by atoms with Gasteiger partial charge in [-0.05, 0) is 42.5 Å². The monoisotopic (exact) mass is 478 g/mol. The number of aryl methyl sites for hydroxylation is 1.